The third-order valence-electron chi connectivity index (χ3n) is 4.41. The van der Waals surface area contributed by atoms with Gasteiger partial charge in [-0.15, -0.1) is 0 Å². The monoisotopic (exact) mass is 427 g/mol. The Morgan fingerprint density at radius 3 is 2.38 bits per heavy atom. The second kappa shape index (κ2) is 7.77. The fourth-order valence-electron chi connectivity index (χ4n) is 2.97. The summed E-state index contributed by atoms with van der Waals surface area (Å²) in [6, 6.07) is 21.1. The molecular formula is C21H18ClN3O3S. The van der Waals surface area contributed by atoms with Gasteiger partial charge in [-0.3, -0.25) is 0 Å². The highest BCUT2D eigenvalue weighted by Gasteiger charge is 2.29. The summed E-state index contributed by atoms with van der Waals surface area (Å²) in [5.74, 6) is 0.890. The molecule has 1 aliphatic heterocycles. The topological polar surface area (TPSA) is 79.8 Å². The number of ether oxygens (including phenoxy) is 1. The van der Waals surface area contributed by atoms with E-state index >= 15 is 0 Å². The van der Waals surface area contributed by atoms with Gasteiger partial charge in [-0.2, -0.15) is 0 Å². The van der Waals surface area contributed by atoms with Crippen LogP contribution in [0.4, 0.5) is 5.69 Å². The zero-order valence-corrected chi connectivity index (χ0v) is 17.0. The summed E-state index contributed by atoms with van der Waals surface area (Å²) in [6.07, 6.45) is 0. The molecule has 0 aromatic heterocycles. The summed E-state index contributed by atoms with van der Waals surface area (Å²) in [6.45, 7) is 1.89. The van der Waals surface area contributed by atoms with Crippen LogP contribution >= 0.6 is 11.6 Å². The minimum Gasteiger partial charge on any atom is -0.454 e. The molecule has 1 atom stereocenters. The van der Waals surface area contributed by atoms with Crippen molar-refractivity contribution in [3.8, 4) is 11.5 Å². The van der Waals surface area contributed by atoms with Crippen molar-refractivity contribution in [2.75, 3.05) is 5.32 Å². The van der Waals surface area contributed by atoms with Gasteiger partial charge in [-0.05, 0) is 36.8 Å². The summed E-state index contributed by atoms with van der Waals surface area (Å²) in [4.78, 5) is 4.58. The predicted molar refractivity (Wildman–Crippen MR) is 114 cm³/mol. The minimum absolute atomic E-state index is 0.0772. The molecule has 1 heterocycles. The molecule has 3 aromatic rings. The Kier molecular flexibility index (Phi) is 5.17. The van der Waals surface area contributed by atoms with Gasteiger partial charge in [0.25, 0.3) is 10.0 Å². The summed E-state index contributed by atoms with van der Waals surface area (Å²) in [5.41, 5.74) is 1.28. The highest BCUT2D eigenvalue weighted by Crippen LogP contribution is 2.38. The first-order valence-corrected chi connectivity index (χ1v) is 10.8. The van der Waals surface area contributed by atoms with Crippen molar-refractivity contribution in [1.82, 2.24) is 4.72 Å². The number of rotatable bonds is 4. The van der Waals surface area contributed by atoms with E-state index in [0.717, 1.165) is 5.56 Å². The molecule has 0 spiro atoms. The summed E-state index contributed by atoms with van der Waals surface area (Å²) >= 11 is 6.18. The molecular weight excluding hydrogens is 410 g/mol. The highest BCUT2D eigenvalue weighted by atomic mass is 35.5. The molecule has 0 fully saturated rings. The van der Waals surface area contributed by atoms with E-state index in [1.165, 1.54) is 6.07 Å². The summed E-state index contributed by atoms with van der Waals surface area (Å²) in [7, 11) is -3.80. The molecule has 1 aliphatic rings. The van der Waals surface area contributed by atoms with Crippen molar-refractivity contribution >= 4 is 33.3 Å². The van der Waals surface area contributed by atoms with E-state index in [9.17, 15) is 8.42 Å². The molecule has 0 saturated carbocycles. The number of guanidine groups is 1. The molecule has 0 bridgehead atoms. The van der Waals surface area contributed by atoms with Crippen molar-refractivity contribution in [2.24, 2.45) is 4.99 Å². The first kappa shape index (κ1) is 19.3. The number of aliphatic imine (C=N–C) groups is 1. The molecule has 2 N–H and O–H groups in total. The van der Waals surface area contributed by atoms with Gasteiger partial charge in [0.1, 0.15) is 16.3 Å². The Balaban J connectivity index is 1.72. The highest BCUT2D eigenvalue weighted by molar-refractivity contribution is 7.90. The van der Waals surface area contributed by atoms with Crippen molar-refractivity contribution < 1.29 is 13.2 Å². The van der Waals surface area contributed by atoms with E-state index in [1.54, 1.807) is 36.4 Å². The number of hydrogen-bond acceptors (Lipinski definition) is 4. The number of para-hydroxylation sites is 2. The largest absolute Gasteiger partial charge is 0.454 e. The summed E-state index contributed by atoms with van der Waals surface area (Å²) in [5, 5.41) is 3.48. The maximum absolute atomic E-state index is 12.8. The zero-order chi connectivity index (χ0) is 20.4. The number of anilines is 1. The Morgan fingerprint density at radius 2 is 1.62 bits per heavy atom. The fraction of sp³-hybridized carbons (Fsp3) is 0.0952. The van der Waals surface area contributed by atoms with Crippen LogP contribution in [-0.4, -0.2) is 14.4 Å². The van der Waals surface area contributed by atoms with E-state index in [2.05, 4.69) is 15.0 Å². The van der Waals surface area contributed by atoms with Crippen LogP contribution in [0.25, 0.3) is 0 Å². The van der Waals surface area contributed by atoms with Crippen molar-refractivity contribution in [1.29, 1.82) is 0 Å². The predicted octanol–water partition coefficient (Wildman–Crippen LogP) is 4.95. The molecule has 6 nitrogen and oxygen atoms in total. The number of hydrogen-bond donors (Lipinski definition) is 2. The number of nitrogens with zero attached hydrogens (tertiary/aromatic N) is 1. The van der Waals surface area contributed by atoms with Gasteiger partial charge in [0.05, 0.1) is 11.1 Å². The molecule has 0 saturated heterocycles. The standard InChI is InChI=1S/C21H18ClN3O3S/c1-14(15-8-3-2-4-9-15)23-21-24-20-18(28-17-11-6-5-10-16(17)22)12-7-13-19(20)29(26,27)25-21/h2-14H,1H3,(H2,23,24,25). The molecule has 0 aliphatic carbocycles. The first-order valence-electron chi connectivity index (χ1n) is 8.92. The quantitative estimate of drug-likeness (QED) is 0.617. The number of halogens is 1. The lowest BCUT2D eigenvalue weighted by molar-refractivity contribution is 0.483. The van der Waals surface area contributed by atoms with Crippen LogP contribution < -0.4 is 14.8 Å². The molecule has 29 heavy (non-hydrogen) atoms. The van der Waals surface area contributed by atoms with Crippen LogP contribution in [0.15, 0.2) is 82.7 Å². The van der Waals surface area contributed by atoms with Gasteiger partial charge in [0.15, 0.2) is 5.75 Å². The first-order chi connectivity index (χ1) is 13.9. The van der Waals surface area contributed by atoms with Gasteiger partial charge in [-0.25, -0.2) is 18.1 Å². The third-order valence-corrected chi connectivity index (χ3v) is 6.11. The maximum Gasteiger partial charge on any atom is 0.266 e. The van der Waals surface area contributed by atoms with E-state index < -0.39 is 10.0 Å². The van der Waals surface area contributed by atoms with Gasteiger partial charge in [-0.1, -0.05) is 60.1 Å². The Bertz CT molecular complexity index is 1180. The molecule has 1 unspecified atom stereocenters. The van der Waals surface area contributed by atoms with Gasteiger partial charge < -0.3 is 10.1 Å². The second-order valence-electron chi connectivity index (χ2n) is 6.46. The maximum atomic E-state index is 12.8. The normalized spacial score (nSPS) is 17.0. The molecule has 3 aromatic carbocycles. The van der Waals surface area contributed by atoms with Crippen molar-refractivity contribution in [2.45, 2.75) is 17.9 Å². The van der Waals surface area contributed by atoms with E-state index in [0.29, 0.717) is 22.2 Å². The number of benzene rings is 3. The fourth-order valence-corrected chi connectivity index (χ4v) is 4.29. The Morgan fingerprint density at radius 1 is 0.931 bits per heavy atom. The van der Waals surface area contributed by atoms with Gasteiger partial charge >= 0.3 is 0 Å². The number of fused-ring (bicyclic) bond motifs is 1. The summed E-state index contributed by atoms with van der Waals surface area (Å²) < 4.78 is 33.9. The lowest BCUT2D eigenvalue weighted by Gasteiger charge is -2.24. The van der Waals surface area contributed by atoms with Crippen LogP contribution in [0, 0.1) is 0 Å². The Labute approximate surface area is 174 Å². The van der Waals surface area contributed by atoms with Gasteiger partial charge in [0.2, 0.25) is 5.96 Å². The lowest BCUT2D eigenvalue weighted by Crippen LogP contribution is -2.41. The van der Waals surface area contributed by atoms with Crippen LogP contribution in [-0.2, 0) is 10.0 Å². The molecule has 8 heteroatoms. The third kappa shape index (κ3) is 4.06. The van der Waals surface area contributed by atoms with Crippen LogP contribution in [0.2, 0.25) is 5.02 Å². The van der Waals surface area contributed by atoms with Crippen molar-refractivity contribution in [3.63, 3.8) is 0 Å². The minimum atomic E-state index is -3.80. The lowest BCUT2D eigenvalue weighted by atomic mass is 10.1. The smallest absolute Gasteiger partial charge is 0.266 e. The number of nitrogens with one attached hydrogen (secondary N) is 2. The van der Waals surface area contributed by atoms with E-state index in [-0.39, 0.29) is 16.9 Å². The van der Waals surface area contributed by atoms with Crippen LogP contribution in [0.3, 0.4) is 0 Å². The molecule has 0 amide bonds. The average molecular weight is 428 g/mol. The van der Waals surface area contributed by atoms with E-state index in [4.69, 9.17) is 16.3 Å². The zero-order valence-electron chi connectivity index (χ0n) is 15.5. The van der Waals surface area contributed by atoms with Crippen LogP contribution in [0.5, 0.6) is 11.5 Å². The molecule has 4 rings (SSSR count). The van der Waals surface area contributed by atoms with Gasteiger partial charge in [0, 0.05) is 0 Å². The van der Waals surface area contributed by atoms with Crippen molar-refractivity contribution in [3.05, 3.63) is 83.4 Å². The van der Waals surface area contributed by atoms with Crippen LogP contribution in [0.1, 0.15) is 18.5 Å². The molecule has 148 valence electrons. The SMILES string of the molecule is CC(N=C1Nc2c(Oc3ccccc3Cl)cccc2S(=O)(=O)N1)c1ccccc1. The number of sulfonamides is 1. The Hall–Kier alpha value is -3.03. The van der Waals surface area contributed by atoms with E-state index in [1.807, 2.05) is 37.3 Å². The molecule has 0 radical (unpaired) electrons. The average Bonchev–Trinajstić information content (AvgIpc) is 2.70. The second-order valence-corrected chi connectivity index (χ2v) is 8.51.